The number of nitrogens with zero attached hydrogens (tertiary/aromatic N) is 2. The van der Waals surface area contributed by atoms with Crippen molar-refractivity contribution >= 4 is 22.9 Å². The summed E-state index contributed by atoms with van der Waals surface area (Å²) < 4.78 is 18.4. The number of ether oxygens (including phenoxy) is 1. The molecular weight excluding hydrogens is 379 g/mol. The van der Waals surface area contributed by atoms with E-state index in [1.165, 1.54) is 23.5 Å². The highest BCUT2D eigenvalue weighted by molar-refractivity contribution is 7.11. The van der Waals surface area contributed by atoms with Gasteiger partial charge in [-0.25, -0.2) is 14.2 Å². The number of benzene rings is 2. The maximum absolute atomic E-state index is 13.1. The Balaban J connectivity index is 1.67. The van der Waals surface area contributed by atoms with Crippen molar-refractivity contribution in [2.45, 2.75) is 12.5 Å². The summed E-state index contributed by atoms with van der Waals surface area (Å²) in [6.07, 6.45) is -0.676. The Bertz CT molecular complexity index is 1130. The van der Waals surface area contributed by atoms with Crippen LogP contribution in [0.25, 0.3) is 16.8 Å². The molecule has 1 N–H and O–H groups in total. The largest absolute Gasteiger partial charge is 0.507 e. The van der Waals surface area contributed by atoms with Gasteiger partial charge >= 0.3 is 5.97 Å². The third kappa shape index (κ3) is 3.26. The van der Waals surface area contributed by atoms with Crippen molar-refractivity contribution in [3.05, 3.63) is 81.6 Å². The Morgan fingerprint density at radius 1 is 1.25 bits per heavy atom. The zero-order valence-electron chi connectivity index (χ0n) is 14.4. The Morgan fingerprint density at radius 2 is 2.00 bits per heavy atom. The molecule has 4 rings (SSSR count). The molecule has 1 aromatic heterocycles. The molecule has 0 fully saturated rings. The van der Waals surface area contributed by atoms with E-state index >= 15 is 0 Å². The number of allylic oxidation sites excluding steroid dienone is 1. The lowest BCUT2D eigenvalue weighted by molar-refractivity contribution is 0.0251. The second kappa shape index (κ2) is 7.25. The molecule has 0 amide bonds. The summed E-state index contributed by atoms with van der Waals surface area (Å²) >= 11 is 1.17. The number of hydrogen-bond donors (Lipinski definition) is 1. The van der Waals surface area contributed by atoms with Gasteiger partial charge in [-0.1, -0.05) is 18.2 Å². The van der Waals surface area contributed by atoms with E-state index in [2.05, 4.69) is 4.98 Å². The maximum Gasteiger partial charge on any atom is 0.339 e. The Labute approximate surface area is 164 Å². The monoisotopic (exact) mass is 392 g/mol. The van der Waals surface area contributed by atoms with Crippen LogP contribution >= 0.6 is 11.3 Å². The standard InChI is InChI=1S/C21H13FN2O3S/c22-14-7-5-12(6-8-14)17-11-28-20(24-17)16(10-23)19(25)18-9-13-3-1-2-4-15(13)21(26)27-18/h1-8,11,18,25H,9H2/b19-16-. The predicted molar refractivity (Wildman–Crippen MR) is 102 cm³/mol. The first kappa shape index (κ1) is 17.9. The van der Waals surface area contributed by atoms with Crippen molar-refractivity contribution < 1.29 is 19.0 Å². The summed E-state index contributed by atoms with van der Waals surface area (Å²) in [6.45, 7) is 0. The van der Waals surface area contributed by atoms with Crippen LogP contribution in [0, 0.1) is 17.1 Å². The van der Waals surface area contributed by atoms with Gasteiger partial charge in [-0.05, 0) is 35.9 Å². The molecule has 7 heteroatoms. The Hall–Kier alpha value is -3.50. The number of aromatic nitrogens is 1. The van der Waals surface area contributed by atoms with Crippen molar-refractivity contribution in [1.82, 2.24) is 4.98 Å². The van der Waals surface area contributed by atoms with E-state index in [-0.39, 0.29) is 23.6 Å². The second-order valence-electron chi connectivity index (χ2n) is 6.17. The number of nitriles is 1. The van der Waals surface area contributed by atoms with E-state index in [0.29, 0.717) is 21.8 Å². The first-order valence-electron chi connectivity index (χ1n) is 8.41. The van der Waals surface area contributed by atoms with E-state index in [1.54, 1.807) is 41.8 Å². The highest BCUT2D eigenvalue weighted by atomic mass is 32.1. The number of aliphatic hydroxyl groups excluding tert-OH is 1. The van der Waals surface area contributed by atoms with Crippen molar-refractivity contribution in [2.75, 3.05) is 0 Å². The molecule has 3 aromatic rings. The number of esters is 1. The molecule has 0 aliphatic carbocycles. The van der Waals surface area contributed by atoms with Gasteiger partial charge in [-0.15, -0.1) is 11.3 Å². The molecule has 1 unspecified atom stereocenters. The maximum atomic E-state index is 13.1. The predicted octanol–water partition coefficient (Wildman–Crippen LogP) is 4.52. The minimum atomic E-state index is -0.949. The van der Waals surface area contributed by atoms with E-state index < -0.39 is 12.1 Å². The van der Waals surface area contributed by atoms with Gasteiger partial charge in [0.25, 0.3) is 0 Å². The third-order valence-electron chi connectivity index (χ3n) is 4.42. The van der Waals surface area contributed by atoms with E-state index in [1.807, 2.05) is 6.07 Å². The molecule has 0 bridgehead atoms. The van der Waals surface area contributed by atoms with Crippen molar-refractivity contribution in [3.63, 3.8) is 0 Å². The quantitative estimate of drug-likeness (QED) is 0.402. The summed E-state index contributed by atoms with van der Waals surface area (Å²) in [6, 6.07) is 14.8. The molecule has 0 saturated heterocycles. The summed E-state index contributed by atoms with van der Waals surface area (Å²) in [5, 5.41) is 22.2. The average Bonchev–Trinajstić information content (AvgIpc) is 3.19. The molecule has 2 aromatic carbocycles. The van der Waals surface area contributed by atoms with Crippen LogP contribution < -0.4 is 0 Å². The number of fused-ring (bicyclic) bond motifs is 1. The molecule has 28 heavy (non-hydrogen) atoms. The SMILES string of the molecule is N#C/C(=C(/O)C1Cc2ccccc2C(=O)O1)c1nc(-c2ccc(F)cc2)cs1. The molecule has 0 spiro atoms. The number of carbonyl (C=O) groups is 1. The van der Waals surface area contributed by atoms with Crippen LogP contribution in [0.2, 0.25) is 0 Å². The smallest absolute Gasteiger partial charge is 0.339 e. The lowest BCUT2D eigenvalue weighted by Gasteiger charge is -2.24. The van der Waals surface area contributed by atoms with Gasteiger partial charge in [0.1, 0.15) is 22.5 Å². The lowest BCUT2D eigenvalue weighted by atomic mass is 9.96. The number of carbonyl (C=O) groups excluding carboxylic acids is 1. The molecule has 5 nitrogen and oxygen atoms in total. The fraction of sp³-hybridized carbons (Fsp3) is 0.0952. The number of thiazole rings is 1. The molecule has 138 valence electrons. The first-order valence-corrected chi connectivity index (χ1v) is 9.28. The van der Waals surface area contributed by atoms with Gasteiger partial charge in [0, 0.05) is 17.4 Å². The Kier molecular flexibility index (Phi) is 4.63. The number of aliphatic hydroxyl groups is 1. The minimum Gasteiger partial charge on any atom is -0.507 e. The van der Waals surface area contributed by atoms with Crippen LogP contribution in [0.15, 0.2) is 59.7 Å². The molecule has 1 atom stereocenters. The highest BCUT2D eigenvalue weighted by Crippen LogP contribution is 2.31. The fourth-order valence-corrected chi connectivity index (χ4v) is 3.83. The normalized spacial score (nSPS) is 16.6. The number of halogens is 1. The Morgan fingerprint density at radius 3 is 2.75 bits per heavy atom. The average molecular weight is 392 g/mol. The first-order chi connectivity index (χ1) is 13.6. The number of cyclic esters (lactones) is 1. The van der Waals surface area contributed by atoms with E-state index in [4.69, 9.17) is 4.74 Å². The summed E-state index contributed by atoms with van der Waals surface area (Å²) in [4.78, 5) is 16.6. The van der Waals surface area contributed by atoms with Gasteiger partial charge in [-0.2, -0.15) is 5.26 Å². The molecule has 0 radical (unpaired) electrons. The van der Waals surface area contributed by atoms with E-state index in [0.717, 1.165) is 5.56 Å². The zero-order valence-corrected chi connectivity index (χ0v) is 15.2. The van der Waals surface area contributed by atoms with Crippen LogP contribution in [-0.2, 0) is 11.2 Å². The number of rotatable bonds is 3. The molecular formula is C21H13FN2O3S. The minimum absolute atomic E-state index is 0.0458. The summed E-state index contributed by atoms with van der Waals surface area (Å²) in [7, 11) is 0. The molecule has 1 aliphatic rings. The topological polar surface area (TPSA) is 83.2 Å². The summed E-state index contributed by atoms with van der Waals surface area (Å²) in [5.74, 6) is -1.22. The second-order valence-corrected chi connectivity index (χ2v) is 7.03. The van der Waals surface area contributed by atoms with Gasteiger partial charge in [-0.3, -0.25) is 0 Å². The van der Waals surface area contributed by atoms with Crippen LogP contribution in [0.1, 0.15) is 20.9 Å². The number of hydrogen-bond acceptors (Lipinski definition) is 6. The van der Waals surface area contributed by atoms with Gasteiger partial charge < -0.3 is 9.84 Å². The van der Waals surface area contributed by atoms with Crippen molar-refractivity contribution in [1.29, 1.82) is 5.26 Å². The molecule has 1 aliphatic heterocycles. The van der Waals surface area contributed by atoms with Crippen molar-refractivity contribution in [3.8, 4) is 17.3 Å². The van der Waals surface area contributed by atoms with Gasteiger partial charge in [0.2, 0.25) is 0 Å². The summed E-state index contributed by atoms with van der Waals surface area (Å²) in [5.41, 5.74) is 2.41. The van der Waals surface area contributed by atoms with Crippen LogP contribution in [-0.4, -0.2) is 22.2 Å². The van der Waals surface area contributed by atoms with Crippen LogP contribution in [0.3, 0.4) is 0 Å². The van der Waals surface area contributed by atoms with Crippen LogP contribution in [0.5, 0.6) is 0 Å². The van der Waals surface area contributed by atoms with Crippen LogP contribution in [0.4, 0.5) is 4.39 Å². The molecule has 2 heterocycles. The van der Waals surface area contributed by atoms with Gasteiger partial charge in [0.05, 0.1) is 11.3 Å². The lowest BCUT2D eigenvalue weighted by Crippen LogP contribution is -2.29. The zero-order chi connectivity index (χ0) is 19.7. The van der Waals surface area contributed by atoms with E-state index in [9.17, 15) is 19.6 Å². The third-order valence-corrected chi connectivity index (χ3v) is 5.28. The fourth-order valence-electron chi connectivity index (χ4n) is 3.00. The van der Waals surface area contributed by atoms with Gasteiger partial charge in [0.15, 0.2) is 11.9 Å². The molecule has 0 saturated carbocycles. The highest BCUT2D eigenvalue weighted by Gasteiger charge is 2.31. The van der Waals surface area contributed by atoms with Crippen molar-refractivity contribution in [2.24, 2.45) is 0 Å².